The summed E-state index contributed by atoms with van der Waals surface area (Å²) in [4.78, 5) is 11.7. The monoisotopic (exact) mass is 457 g/mol. The van der Waals surface area contributed by atoms with Gasteiger partial charge in [-0.25, -0.2) is 9.97 Å². The highest BCUT2D eigenvalue weighted by atomic mass is 32.1. The maximum Gasteiger partial charge on any atom is 0.180 e. The van der Waals surface area contributed by atoms with E-state index in [1.165, 1.54) is 17.1 Å². The number of anilines is 3. The molecule has 0 bridgehead atoms. The number of hydrogen-bond acceptors (Lipinski definition) is 8. The molecule has 10 heteroatoms. The van der Waals surface area contributed by atoms with Gasteiger partial charge in [-0.1, -0.05) is 12.1 Å². The van der Waals surface area contributed by atoms with Crippen molar-refractivity contribution in [1.82, 2.24) is 33.8 Å². The molecule has 0 atom stereocenters. The van der Waals surface area contributed by atoms with Crippen molar-refractivity contribution in [3.8, 4) is 11.3 Å². The zero-order chi connectivity index (χ0) is 22.4. The Labute approximate surface area is 194 Å². The van der Waals surface area contributed by atoms with E-state index in [1.54, 1.807) is 6.20 Å². The van der Waals surface area contributed by atoms with Gasteiger partial charge in [0.05, 0.1) is 29.5 Å². The topological polar surface area (TPSA) is 113 Å². The first-order valence-corrected chi connectivity index (χ1v) is 11.5. The van der Waals surface area contributed by atoms with E-state index < -0.39 is 0 Å². The summed E-state index contributed by atoms with van der Waals surface area (Å²) >= 11 is 1.44. The summed E-state index contributed by atoms with van der Waals surface area (Å²) in [7, 11) is 0. The van der Waals surface area contributed by atoms with Gasteiger partial charge in [0.15, 0.2) is 11.5 Å². The fourth-order valence-electron chi connectivity index (χ4n) is 4.27. The van der Waals surface area contributed by atoms with Gasteiger partial charge in [0.1, 0.15) is 5.00 Å². The molecule has 166 valence electrons. The largest absolute Gasteiger partial charge is 0.399 e. The number of aryl methyl sites for hydroxylation is 1. The molecule has 9 nitrogen and oxygen atoms in total. The van der Waals surface area contributed by atoms with Crippen LogP contribution in [-0.2, 0) is 6.54 Å². The van der Waals surface area contributed by atoms with E-state index in [-0.39, 0.29) is 0 Å². The molecule has 1 aromatic carbocycles. The predicted molar refractivity (Wildman–Crippen MR) is 130 cm³/mol. The smallest absolute Gasteiger partial charge is 0.180 e. The summed E-state index contributed by atoms with van der Waals surface area (Å²) in [5.41, 5.74) is 12.6. The van der Waals surface area contributed by atoms with Crippen molar-refractivity contribution in [1.29, 1.82) is 0 Å². The summed E-state index contributed by atoms with van der Waals surface area (Å²) in [6, 6.07) is 10.3. The van der Waals surface area contributed by atoms with E-state index in [0.29, 0.717) is 11.7 Å². The first-order chi connectivity index (χ1) is 16.1. The van der Waals surface area contributed by atoms with Crippen LogP contribution in [-0.4, -0.2) is 46.9 Å². The number of likely N-dealkylation sites (tertiary alicyclic amines) is 1. The number of hydrogen-bond donors (Lipinski definition) is 3. The maximum atomic E-state index is 5.80. The van der Waals surface area contributed by atoms with Crippen molar-refractivity contribution in [3.05, 3.63) is 72.1 Å². The normalized spacial score (nSPS) is 14.6. The predicted octanol–water partition coefficient (Wildman–Crippen LogP) is 3.81. The minimum absolute atomic E-state index is 0.566. The van der Waals surface area contributed by atoms with Crippen molar-refractivity contribution in [2.45, 2.75) is 19.4 Å². The van der Waals surface area contributed by atoms with Crippen molar-refractivity contribution in [2.24, 2.45) is 0 Å². The Kier molecular flexibility index (Phi) is 4.81. The van der Waals surface area contributed by atoms with E-state index in [4.69, 9.17) is 5.73 Å². The fraction of sp³-hybridized carbons (Fsp3) is 0.217. The zero-order valence-corrected chi connectivity index (χ0v) is 18.9. The second-order valence-corrected chi connectivity index (χ2v) is 9.23. The molecule has 6 rings (SSSR count). The Balaban J connectivity index is 1.15. The van der Waals surface area contributed by atoms with Crippen molar-refractivity contribution < 1.29 is 0 Å². The van der Waals surface area contributed by atoms with Crippen molar-refractivity contribution in [2.75, 3.05) is 24.1 Å². The van der Waals surface area contributed by atoms with Gasteiger partial charge < -0.3 is 11.1 Å². The van der Waals surface area contributed by atoms with E-state index in [1.807, 2.05) is 42.0 Å². The lowest BCUT2D eigenvalue weighted by atomic mass is 9.91. The number of aromatic nitrogens is 6. The first-order valence-electron chi connectivity index (χ1n) is 10.8. The molecule has 0 radical (unpaired) electrons. The molecule has 1 fully saturated rings. The number of nitrogens with one attached hydrogen (secondary N) is 2. The molecule has 5 aromatic rings. The molecule has 1 aliphatic rings. The van der Waals surface area contributed by atoms with Crippen LogP contribution in [0, 0.1) is 6.92 Å². The Morgan fingerprint density at radius 3 is 2.85 bits per heavy atom. The van der Waals surface area contributed by atoms with Crippen LogP contribution in [0.15, 0.2) is 55.1 Å². The number of nitrogens with zero attached hydrogens (tertiary/aromatic N) is 6. The van der Waals surface area contributed by atoms with Crippen LogP contribution in [0.1, 0.15) is 22.9 Å². The molecular weight excluding hydrogens is 434 g/mol. The molecule has 0 saturated carbocycles. The third-order valence-corrected chi connectivity index (χ3v) is 6.70. The summed E-state index contributed by atoms with van der Waals surface area (Å²) < 4.78 is 6.68. The molecule has 4 N–H and O–H groups in total. The van der Waals surface area contributed by atoms with Gasteiger partial charge in [0, 0.05) is 49.2 Å². The quantitative estimate of drug-likeness (QED) is 0.332. The lowest BCUT2D eigenvalue weighted by molar-refractivity contribution is 0.138. The summed E-state index contributed by atoms with van der Waals surface area (Å²) in [6.07, 6.45) is 7.46. The number of aromatic amines is 1. The van der Waals surface area contributed by atoms with Crippen molar-refractivity contribution in [3.63, 3.8) is 0 Å². The third kappa shape index (κ3) is 3.83. The molecule has 1 saturated heterocycles. The maximum absolute atomic E-state index is 5.80. The highest BCUT2D eigenvalue weighted by Gasteiger charge is 2.28. The minimum Gasteiger partial charge on any atom is -0.399 e. The lowest BCUT2D eigenvalue weighted by Gasteiger charge is -2.39. The molecule has 4 aromatic heterocycles. The summed E-state index contributed by atoms with van der Waals surface area (Å²) in [5.74, 6) is 1.28. The average Bonchev–Trinajstić information content (AvgIpc) is 3.52. The number of imidazole rings is 1. The molecule has 0 aliphatic carbocycles. The molecule has 0 spiro atoms. The number of nitrogens with two attached hydrogens (primary N) is 1. The van der Waals surface area contributed by atoms with E-state index in [0.717, 1.165) is 58.6 Å². The SMILES string of the molecule is Cc1cn2c(-c3cn[nH]c3)cnc2c(Nc2cc(CN3CC(c4ccc(N)cc4)C3)ns2)n1. The highest BCUT2D eigenvalue weighted by Crippen LogP contribution is 2.31. The van der Waals surface area contributed by atoms with Gasteiger partial charge >= 0.3 is 0 Å². The average molecular weight is 458 g/mol. The number of benzene rings is 1. The molecular formula is C23H23N9S. The van der Waals surface area contributed by atoms with Gasteiger partial charge in [-0.3, -0.25) is 14.4 Å². The first kappa shape index (κ1) is 19.9. The Hall–Kier alpha value is -3.76. The van der Waals surface area contributed by atoms with Crippen LogP contribution < -0.4 is 11.1 Å². The third-order valence-electron chi connectivity index (χ3n) is 5.96. The second kappa shape index (κ2) is 7.98. The van der Waals surface area contributed by atoms with Crippen LogP contribution in [0.5, 0.6) is 0 Å². The molecule has 33 heavy (non-hydrogen) atoms. The van der Waals surface area contributed by atoms with Crippen LogP contribution >= 0.6 is 11.5 Å². The van der Waals surface area contributed by atoms with Crippen LogP contribution in [0.4, 0.5) is 16.5 Å². The van der Waals surface area contributed by atoms with E-state index >= 15 is 0 Å². The van der Waals surface area contributed by atoms with Gasteiger partial charge in [0.2, 0.25) is 0 Å². The Morgan fingerprint density at radius 1 is 1.21 bits per heavy atom. The van der Waals surface area contributed by atoms with Gasteiger partial charge in [0.25, 0.3) is 0 Å². The summed E-state index contributed by atoms with van der Waals surface area (Å²) in [5, 5.41) is 11.3. The number of fused-ring (bicyclic) bond motifs is 1. The molecule has 0 amide bonds. The van der Waals surface area contributed by atoms with Crippen LogP contribution in [0.2, 0.25) is 0 Å². The van der Waals surface area contributed by atoms with Crippen molar-refractivity contribution >= 4 is 33.7 Å². The van der Waals surface area contributed by atoms with Crippen LogP contribution in [0.3, 0.4) is 0 Å². The van der Waals surface area contributed by atoms with Gasteiger partial charge in [-0.05, 0) is 42.2 Å². The molecule has 5 heterocycles. The highest BCUT2D eigenvalue weighted by molar-refractivity contribution is 7.10. The molecule has 0 unspecified atom stereocenters. The Bertz CT molecular complexity index is 1400. The van der Waals surface area contributed by atoms with Crippen LogP contribution in [0.25, 0.3) is 16.9 Å². The Morgan fingerprint density at radius 2 is 2.06 bits per heavy atom. The lowest BCUT2D eigenvalue weighted by Crippen LogP contribution is -2.44. The fourth-order valence-corrected chi connectivity index (χ4v) is 4.92. The minimum atomic E-state index is 0.566. The number of rotatable bonds is 6. The number of nitrogen functional groups attached to an aromatic ring is 1. The zero-order valence-electron chi connectivity index (χ0n) is 18.1. The van der Waals surface area contributed by atoms with E-state index in [9.17, 15) is 0 Å². The standard InChI is InChI=1S/C23H23N9S/c1-14-10-32-20(16-7-26-27-8-16)9-25-23(32)22(28-14)29-21-6-19(30-33-21)13-31-11-17(12-31)15-2-4-18(24)5-3-15/h2-10,17H,11-13,24H2,1H3,(H,26,27)(H,28,29). The number of H-pyrrole nitrogens is 1. The van der Waals surface area contributed by atoms with Gasteiger partial charge in [-0.15, -0.1) is 0 Å². The second-order valence-electron chi connectivity index (χ2n) is 8.42. The summed E-state index contributed by atoms with van der Waals surface area (Å²) in [6.45, 7) is 4.89. The van der Waals surface area contributed by atoms with E-state index in [2.05, 4.69) is 53.0 Å². The molecule has 1 aliphatic heterocycles. The van der Waals surface area contributed by atoms with Gasteiger partial charge in [-0.2, -0.15) is 9.47 Å².